The van der Waals surface area contributed by atoms with Gasteiger partial charge in [0.15, 0.2) is 0 Å². The van der Waals surface area contributed by atoms with Gasteiger partial charge in [-0.2, -0.15) is 11.8 Å². The lowest BCUT2D eigenvalue weighted by Gasteiger charge is -2.35. The SMILES string of the molecule is CC12CCCC1CCSC2. The van der Waals surface area contributed by atoms with Gasteiger partial charge >= 0.3 is 0 Å². The lowest BCUT2D eigenvalue weighted by atomic mass is 9.80. The van der Waals surface area contributed by atoms with Crippen molar-refractivity contribution >= 4 is 11.8 Å². The largest absolute Gasteiger partial charge is 0.161 e. The summed E-state index contributed by atoms with van der Waals surface area (Å²) in [5, 5.41) is 0. The molecule has 0 aromatic heterocycles. The molecule has 0 spiro atoms. The number of thioether (sulfide) groups is 1. The molecular weight excluding hydrogens is 140 g/mol. The molecular formula is C9H16S. The highest BCUT2D eigenvalue weighted by molar-refractivity contribution is 7.99. The third kappa shape index (κ3) is 0.990. The first-order valence-electron chi connectivity index (χ1n) is 4.39. The summed E-state index contributed by atoms with van der Waals surface area (Å²) in [4.78, 5) is 0. The quantitative estimate of drug-likeness (QED) is 0.519. The Morgan fingerprint density at radius 2 is 2.30 bits per heavy atom. The molecule has 0 N–H and O–H groups in total. The lowest BCUT2D eigenvalue weighted by Crippen LogP contribution is -2.28. The monoisotopic (exact) mass is 156 g/mol. The van der Waals surface area contributed by atoms with Crippen molar-refractivity contribution in [2.24, 2.45) is 11.3 Å². The Morgan fingerprint density at radius 1 is 1.40 bits per heavy atom. The van der Waals surface area contributed by atoms with Gasteiger partial charge in [0.1, 0.15) is 0 Å². The van der Waals surface area contributed by atoms with Crippen molar-refractivity contribution in [1.29, 1.82) is 0 Å². The molecule has 1 saturated heterocycles. The van der Waals surface area contributed by atoms with Crippen LogP contribution in [0, 0.1) is 11.3 Å². The number of hydrogen-bond acceptors (Lipinski definition) is 1. The molecule has 0 bridgehead atoms. The van der Waals surface area contributed by atoms with Crippen molar-refractivity contribution in [1.82, 2.24) is 0 Å². The van der Waals surface area contributed by atoms with E-state index in [4.69, 9.17) is 0 Å². The Hall–Kier alpha value is 0.350. The molecule has 0 nitrogen and oxygen atoms in total. The Morgan fingerprint density at radius 3 is 3.10 bits per heavy atom. The summed E-state index contributed by atoms with van der Waals surface area (Å²) >= 11 is 2.17. The first kappa shape index (κ1) is 7.02. The minimum Gasteiger partial charge on any atom is -0.161 e. The van der Waals surface area contributed by atoms with Crippen LogP contribution >= 0.6 is 11.8 Å². The van der Waals surface area contributed by atoms with Crippen LogP contribution in [0.4, 0.5) is 0 Å². The van der Waals surface area contributed by atoms with E-state index in [-0.39, 0.29) is 0 Å². The molecule has 0 radical (unpaired) electrons. The molecule has 2 fully saturated rings. The van der Waals surface area contributed by atoms with E-state index in [1.165, 1.54) is 37.2 Å². The van der Waals surface area contributed by atoms with Crippen LogP contribution in [0.5, 0.6) is 0 Å². The van der Waals surface area contributed by atoms with Crippen LogP contribution in [0.3, 0.4) is 0 Å². The molecule has 2 rings (SSSR count). The van der Waals surface area contributed by atoms with Gasteiger partial charge in [-0.25, -0.2) is 0 Å². The third-order valence-corrected chi connectivity index (χ3v) is 4.72. The molecule has 2 aliphatic rings. The summed E-state index contributed by atoms with van der Waals surface area (Å²) in [5.41, 5.74) is 0.753. The van der Waals surface area contributed by atoms with Gasteiger partial charge in [-0.15, -0.1) is 0 Å². The molecule has 0 aromatic carbocycles. The van der Waals surface area contributed by atoms with Crippen molar-refractivity contribution in [3.63, 3.8) is 0 Å². The molecule has 1 saturated carbocycles. The number of rotatable bonds is 0. The fourth-order valence-electron chi connectivity index (χ4n) is 2.52. The fourth-order valence-corrected chi connectivity index (χ4v) is 3.96. The topological polar surface area (TPSA) is 0 Å². The molecule has 1 heteroatoms. The van der Waals surface area contributed by atoms with E-state index in [0.29, 0.717) is 0 Å². The van der Waals surface area contributed by atoms with Crippen LogP contribution < -0.4 is 0 Å². The second-order valence-corrected chi connectivity index (χ2v) is 5.19. The van der Waals surface area contributed by atoms with E-state index in [2.05, 4.69) is 18.7 Å². The fraction of sp³-hybridized carbons (Fsp3) is 1.00. The van der Waals surface area contributed by atoms with E-state index >= 15 is 0 Å². The van der Waals surface area contributed by atoms with Crippen LogP contribution in [0.1, 0.15) is 32.6 Å². The number of fused-ring (bicyclic) bond motifs is 1. The molecule has 58 valence electrons. The van der Waals surface area contributed by atoms with Gasteiger partial charge in [0.05, 0.1) is 0 Å². The summed E-state index contributed by atoms with van der Waals surface area (Å²) in [6, 6.07) is 0. The predicted molar refractivity (Wildman–Crippen MR) is 47.4 cm³/mol. The highest BCUT2D eigenvalue weighted by Crippen LogP contribution is 2.50. The van der Waals surface area contributed by atoms with E-state index in [1.54, 1.807) is 0 Å². The summed E-state index contributed by atoms with van der Waals surface area (Å²) in [6.45, 7) is 2.50. The van der Waals surface area contributed by atoms with Gasteiger partial charge in [-0.05, 0) is 42.1 Å². The van der Waals surface area contributed by atoms with E-state index in [0.717, 1.165) is 11.3 Å². The molecule has 1 heterocycles. The van der Waals surface area contributed by atoms with Gasteiger partial charge < -0.3 is 0 Å². The summed E-state index contributed by atoms with van der Waals surface area (Å²) in [5.74, 6) is 3.96. The lowest BCUT2D eigenvalue weighted by molar-refractivity contribution is 0.254. The Balaban J connectivity index is 2.10. The Labute approximate surface area is 67.8 Å². The van der Waals surface area contributed by atoms with Crippen molar-refractivity contribution < 1.29 is 0 Å². The Kier molecular flexibility index (Phi) is 1.71. The first-order valence-corrected chi connectivity index (χ1v) is 5.54. The zero-order chi connectivity index (χ0) is 7.03. The van der Waals surface area contributed by atoms with Crippen LogP contribution in [0.15, 0.2) is 0 Å². The van der Waals surface area contributed by atoms with Crippen LogP contribution in [0.25, 0.3) is 0 Å². The molecule has 2 unspecified atom stereocenters. The van der Waals surface area contributed by atoms with Gasteiger partial charge in [0.25, 0.3) is 0 Å². The average molecular weight is 156 g/mol. The maximum atomic E-state index is 2.50. The van der Waals surface area contributed by atoms with Crippen molar-refractivity contribution in [2.45, 2.75) is 32.6 Å². The molecule has 10 heavy (non-hydrogen) atoms. The summed E-state index contributed by atoms with van der Waals surface area (Å²) < 4.78 is 0. The van der Waals surface area contributed by atoms with Crippen LogP contribution in [-0.4, -0.2) is 11.5 Å². The van der Waals surface area contributed by atoms with Crippen LogP contribution in [0.2, 0.25) is 0 Å². The zero-order valence-electron chi connectivity index (χ0n) is 6.73. The normalized spacial score (nSPS) is 47.1. The molecule has 2 atom stereocenters. The van der Waals surface area contributed by atoms with Gasteiger partial charge in [-0.1, -0.05) is 13.3 Å². The number of hydrogen-bond donors (Lipinski definition) is 0. The third-order valence-electron chi connectivity index (χ3n) is 3.33. The summed E-state index contributed by atoms with van der Waals surface area (Å²) in [6.07, 6.45) is 6.03. The smallest absolute Gasteiger partial charge is 0.00108 e. The Bertz CT molecular complexity index is 133. The minimum atomic E-state index is 0.753. The maximum Gasteiger partial charge on any atom is -0.00108 e. The second-order valence-electron chi connectivity index (χ2n) is 4.08. The van der Waals surface area contributed by atoms with Gasteiger partial charge in [0, 0.05) is 0 Å². The average Bonchev–Trinajstić information content (AvgIpc) is 2.29. The van der Waals surface area contributed by atoms with Gasteiger partial charge in [-0.3, -0.25) is 0 Å². The minimum absolute atomic E-state index is 0.753. The highest BCUT2D eigenvalue weighted by atomic mass is 32.2. The van der Waals surface area contributed by atoms with E-state index in [9.17, 15) is 0 Å². The van der Waals surface area contributed by atoms with Crippen LogP contribution in [-0.2, 0) is 0 Å². The van der Waals surface area contributed by atoms with Crippen molar-refractivity contribution in [3.8, 4) is 0 Å². The summed E-state index contributed by atoms with van der Waals surface area (Å²) in [7, 11) is 0. The molecule has 1 aliphatic carbocycles. The van der Waals surface area contributed by atoms with E-state index in [1.807, 2.05) is 0 Å². The standard InChI is InChI=1S/C9H16S/c1-9-5-2-3-8(9)4-6-10-7-9/h8H,2-7H2,1H3. The first-order chi connectivity index (χ1) is 4.81. The van der Waals surface area contributed by atoms with Gasteiger partial charge in [0.2, 0.25) is 0 Å². The zero-order valence-corrected chi connectivity index (χ0v) is 7.54. The molecule has 1 aliphatic heterocycles. The second kappa shape index (κ2) is 2.44. The molecule has 0 amide bonds. The maximum absolute atomic E-state index is 2.50. The highest BCUT2D eigenvalue weighted by Gasteiger charge is 2.40. The molecule has 0 aromatic rings. The van der Waals surface area contributed by atoms with E-state index < -0.39 is 0 Å². The van der Waals surface area contributed by atoms with Crippen molar-refractivity contribution in [3.05, 3.63) is 0 Å². The van der Waals surface area contributed by atoms with Crippen molar-refractivity contribution in [2.75, 3.05) is 11.5 Å². The predicted octanol–water partition coefficient (Wildman–Crippen LogP) is 2.93.